The van der Waals surface area contributed by atoms with Gasteiger partial charge in [-0.25, -0.2) is 9.38 Å². The van der Waals surface area contributed by atoms with Crippen LogP contribution in [-0.2, 0) is 4.79 Å². The van der Waals surface area contributed by atoms with Gasteiger partial charge in [0, 0.05) is 0 Å². The summed E-state index contributed by atoms with van der Waals surface area (Å²) in [5.41, 5.74) is 0.264. The van der Waals surface area contributed by atoms with Crippen molar-refractivity contribution >= 4 is 18.0 Å². The Morgan fingerprint density at radius 3 is 3.00 bits per heavy atom. The first kappa shape index (κ1) is 7.05. The van der Waals surface area contributed by atoms with Crippen molar-refractivity contribution in [2.45, 2.75) is 19.5 Å². The molecule has 0 fully saturated rings. The Labute approximate surface area is 57.7 Å². The van der Waals surface area contributed by atoms with E-state index in [0.29, 0.717) is 6.42 Å². The summed E-state index contributed by atoms with van der Waals surface area (Å²) in [4.78, 5) is 17.3. The summed E-state index contributed by atoms with van der Waals surface area (Å²) < 4.78 is 12.6. The number of carbonyl (C=O) groups is 1. The SMILES string of the molecule is CCC1=NC=NC(=O)C1F. The molecule has 0 bridgehead atoms. The number of halogens is 1. The molecule has 4 heteroatoms. The van der Waals surface area contributed by atoms with Crippen LogP contribution >= 0.6 is 0 Å². The maximum absolute atomic E-state index is 12.6. The van der Waals surface area contributed by atoms with Crippen LogP contribution in [-0.4, -0.2) is 24.1 Å². The first-order valence-corrected chi connectivity index (χ1v) is 3.02. The van der Waals surface area contributed by atoms with Crippen molar-refractivity contribution in [1.82, 2.24) is 0 Å². The van der Waals surface area contributed by atoms with Gasteiger partial charge in [-0.1, -0.05) is 6.92 Å². The maximum atomic E-state index is 12.6. The highest BCUT2D eigenvalue weighted by Crippen LogP contribution is 2.04. The molecule has 0 aromatic heterocycles. The minimum Gasteiger partial charge on any atom is -0.269 e. The minimum atomic E-state index is -1.60. The summed E-state index contributed by atoms with van der Waals surface area (Å²) in [5, 5.41) is 0. The maximum Gasteiger partial charge on any atom is 0.287 e. The number of hydrogen-bond acceptors (Lipinski definition) is 2. The van der Waals surface area contributed by atoms with Crippen LogP contribution in [0.25, 0.3) is 0 Å². The standard InChI is InChI=1S/C6H7FN2O/c1-2-4-5(7)6(10)9-3-8-4/h3,5H,2H2,1H3. The molecule has 0 aromatic carbocycles. The van der Waals surface area contributed by atoms with Crippen molar-refractivity contribution < 1.29 is 9.18 Å². The fourth-order valence-corrected chi connectivity index (χ4v) is 0.704. The number of hydrogen-bond donors (Lipinski definition) is 0. The van der Waals surface area contributed by atoms with Crippen LogP contribution in [0.3, 0.4) is 0 Å². The van der Waals surface area contributed by atoms with Crippen molar-refractivity contribution in [3.63, 3.8) is 0 Å². The molecule has 0 spiro atoms. The van der Waals surface area contributed by atoms with Crippen LogP contribution in [0, 0.1) is 0 Å². The summed E-state index contributed by atoms with van der Waals surface area (Å²) >= 11 is 0. The second kappa shape index (κ2) is 2.68. The first-order valence-electron chi connectivity index (χ1n) is 3.02. The molecule has 0 N–H and O–H groups in total. The van der Waals surface area contributed by atoms with E-state index in [1.165, 1.54) is 0 Å². The molecule has 0 radical (unpaired) electrons. The number of aliphatic imine (C=N–C) groups is 2. The lowest BCUT2D eigenvalue weighted by Crippen LogP contribution is -2.26. The number of nitrogens with zero attached hydrogens (tertiary/aromatic N) is 2. The van der Waals surface area contributed by atoms with E-state index in [0.717, 1.165) is 6.34 Å². The lowest BCUT2D eigenvalue weighted by Gasteiger charge is -2.07. The van der Waals surface area contributed by atoms with Crippen molar-refractivity contribution in [3.05, 3.63) is 0 Å². The van der Waals surface area contributed by atoms with Crippen molar-refractivity contribution in [1.29, 1.82) is 0 Å². The van der Waals surface area contributed by atoms with E-state index in [4.69, 9.17) is 0 Å². The zero-order valence-electron chi connectivity index (χ0n) is 5.54. The van der Waals surface area contributed by atoms with Gasteiger partial charge in [0.15, 0.2) is 0 Å². The van der Waals surface area contributed by atoms with E-state index in [1.54, 1.807) is 6.92 Å². The highest BCUT2D eigenvalue weighted by atomic mass is 19.1. The van der Waals surface area contributed by atoms with Crippen LogP contribution in [0.4, 0.5) is 4.39 Å². The zero-order chi connectivity index (χ0) is 7.56. The molecule has 1 aliphatic rings. The van der Waals surface area contributed by atoms with E-state index in [9.17, 15) is 9.18 Å². The molecule has 3 nitrogen and oxygen atoms in total. The van der Waals surface area contributed by atoms with E-state index in [-0.39, 0.29) is 5.71 Å². The third kappa shape index (κ3) is 1.10. The number of rotatable bonds is 1. The molecule has 0 saturated carbocycles. The van der Waals surface area contributed by atoms with Crippen molar-refractivity contribution in [2.75, 3.05) is 0 Å². The number of alkyl halides is 1. The largest absolute Gasteiger partial charge is 0.287 e. The van der Waals surface area contributed by atoms with Crippen LogP contribution < -0.4 is 0 Å². The average Bonchev–Trinajstić information content (AvgIpc) is 1.95. The summed E-state index contributed by atoms with van der Waals surface area (Å²) in [6.45, 7) is 1.75. The second-order valence-corrected chi connectivity index (χ2v) is 1.92. The van der Waals surface area contributed by atoms with Crippen LogP contribution in [0.1, 0.15) is 13.3 Å². The Hall–Kier alpha value is -1.06. The zero-order valence-corrected chi connectivity index (χ0v) is 5.54. The molecule has 1 atom stereocenters. The second-order valence-electron chi connectivity index (χ2n) is 1.92. The Bertz CT molecular complexity index is 210. The molecule has 1 unspecified atom stereocenters. The molecular formula is C6H7FN2O. The molecule has 1 rings (SSSR count). The minimum absolute atomic E-state index is 0.264. The monoisotopic (exact) mass is 142 g/mol. The number of carbonyl (C=O) groups excluding carboxylic acids is 1. The lowest BCUT2D eigenvalue weighted by atomic mass is 10.2. The van der Waals surface area contributed by atoms with Crippen LogP contribution in [0.5, 0.6) is 0 Å². The van der Waals surface area contributed by atoms with E-state index >= 15 is 0 Å². The van der Waals surface area contributed by atoms with Gasteiger partial charge < -0.3 is 0 Å². The van der Waals surface area contributed by atoms with E-state index in [2.05, 4.69) is 9.98 Å². The smallest absolute Gasteiger partial charge is 0.269 e. The average molecular weight is 142 g/mol. The van der Waals surface area contributed by atoms with Gasteiger partial charge in [-0.05, 0) is 6.42 Å². The highest BCUT2D eigenvalue weighted by molar-refractivity contribution is 6.13. The summed E-state index contributed by atoms with van der Waals surface area (Å²) in [6, 6.07) is 0. The van der Waals surface area contributed by atoms with Gasteiger partial charge in [0.1, 0.15) is 6.34 Å². The van der Waals surface area contributed by atoms with Gasteiger partial charge >= 0.3 is 0 Å². The fraction of sp³-hybridized carbons (Fsp3) is 0.500. The first-order chi connectivity index (χ1) is 4.75. The summed E-state index contributed by atoms with van der Waals surface area (Å²) in [7, 11) is 0. The molecule has 0 aromatic rings. The van der Waals surface area contributed by atoms with Gasteiger partial charge in [0.05, 0.1) is 5.71 Å². The predicted octanol–water partition coefficient (Wildman–Crippen LogP) is 0.744. The van der Waals surface area contributed by atoms with Crippen molar-refractivity contribution in [2.24, 2.45) is 9.98 Å². The van der Waals surface area contributed by atoms with E-state index < -0.39 is 12.1 Å². The van der Waals surface area contributed by atoms with E-state index in [1.807, 2.05) is 0 Å². The normalized spacial score (nSPS) is 24.8. The Kier molecular flexibility index (Phi) is 1.89. The molecule has 54 valence electrons. The van der Waals surface area contributed by atoms with Gasteiger partial charge in [-0.15, -0.1) is 0 Å². The molecule has 1 amide bonds. The Balaban J connectivity index is 2.81. The Morgan fingerprint density at radius 2 is 2.50 bits per heavy atom. The topological polar surface area (TPSA) is 41.8 Å². The highest BCUT2D eigenvalue weighted by Gasteiger charge is 2.23. The van der Waals surface area contributed by atoms with Gasteiger partial charge in [0.25, 0.3) is 5.91 Å². The quantitative estimate of drug-likeness (QED) is 0.532. The van der Waals surface area contributed by atoms with Crippen LogP contribution in [0.2, 0.25) is 0 Å². The fourth-order valence-electron chi connectivity index (χ4n) is 0.704. The van der Waals surface area contributed by atoms with Gasteiger partial charge in [-0.2, -0.15) is 4.99 Å². The molecule has 0 saturated heterocycles. The van der Waals surface area contributed by atoms with Crippen LogP contribution in [0.15, 0.2) is 9.98 Å². The summed E-state index contributed by atoms with van der Waals surface area (Å²) in [6.07, 6.45) is -0.0501. The molecule has 1 aliphatic heterocycles. The van der Waals surface area contributed by atoms with Gasteiger partial charge in [0.2, 0.25) is 6.17 Å². The third-order valence-corrected chi connectivity index (χ3v) is 1.28. The Morgan fingerprint density at radius 1 is 1.80 bits per heavy atom. The van der Waals surface area contributed by atoms with Gasteiger partial charge in [-0.3, -0.25) is 4.79 Å². The lowest BCUT2D eigenvalue weighted by molar-refractivity contribution is -0.120. The number of amides is 1. The molecule has 1 heterocycles. The molecular weight excluding hydrogens is 135 g/mol. The molecule has 10 heavy (non-hydrogen) atoms. The summed E-state index contributed by atoms with van der Waals surface area (Å²) in [5.74, 6) is -0.744. The van der Waals surface area contributed by atoms with Crippen molar-refractivity contribution in [3.8, 4) is 0 Å². The molecule has 0 aliphatic carbocycles. The predicted molar refractivity (Wildman–Crippen MR) is 36.1 cm³/mol. The third-order valence-electron chi connectivity index (χ3n) is 1.28.